The van der Waals surface area contributed by atoms with Crippen molar-refractivity contribution in [2.75, 3.05) is 54.1 Å². The molecule has 0 saturated heterocycles. The molecule has 2 unspecified atom stereocenters. The highest BCUT2D eigenvalue weighted by Gasteiger charge is 2.26. The maximum absolute atomic E-state index is 12.7. The number of likely N-dealkylation sites (N-methyl/N-ethyl adjacent to an activating group) is 1. The van der Waals surface area contributed by atoms with E-state index >= 15 is 0 Å². The molecule has 0 amide bonds. The fourth-order valence-electron chi connectivity index (χ4n) is 6.68. The van der Waals surface area contributed by atoms with Crippen LogP contribution in [-0.2, 0) is 27.9 Å². The zero-order valence-electron chi connectivity index (χ0n) is 38.8. The summed E-state index contributed by atoms with van der Waals surface area (Å²) in [6.07, 6.45) is 50.3. The van der Waals surface area contributed by atoms with Crippen molar-refractivity contribution in [3.8, 4) is 0 Å². The fraction of sp³-hybridized carbons (Fsp3) is 0.857. The van der Waals surface area contributed by atoms with Gasteiger partial charge in [-0.1, -0.05) is 192 Å². The molecule has 0 aliphatic carbocycles. The molecular weight excluding hydrogens is 746 g/mol. The molecule has 0 aliphatic heterocycles. The predicted molar refractivity (Wildman–Crippen MR) is 247 cm³/mol. The third-order valence-corrected chi connectivity index (χ3v) is 11.4. The van der Waals surface area contributed by atoms with E-state index in [0.717, 1.165) is 57.8 Å². The first-order valence-electron chi connectivity index (χ1n) is 24.2. The SMILES string of the molecule is CCCCCCC/C=C\C/C=C\C/C=C\CCCCCCCCC(=O)OC(COCCCCCCCCCCCCCCCCC)COP(=O)(O)OCC[N+](C)(C)C. The third-order valence-electron chi connectivity index (χ3n) is 10.5. The molecule has 1 N–H and O–H groups in total. The zero-order valence-corrected chi connectivity index (χ0v) is 39.7. The van der Waals surface area contributed by atoms with Gasteiger partial charge < -0.3 is 18.9 Å². The van der Waals surface area contributed by atoms with Gasteiger partial charge >= 0.3 is 13.8 Å². The summed E-state index contributed by atoms with van der Waals surface area (Å²) in [4.78, 5) is 22.9. The first-order valence-corrected chi connectivity index (χ1v) is 25.7. The van der Waals surface area contributed by atoms with Crippen molar-refractivity contribution in [1.29, 1.82) is 0 Å². The Morgan fingerprint density at radius 3 is 1.41 bits per heavy atom. The minimum absolute atomic E-state index is 0.0867. The number of ether oxygens (including phenoxy) is 2. The van der Waals surface area contributed by atoms with E-state index in [2.05, 4.69) is 50.3 Å². The quantitative estimate of drug-likeness (QED) is 0.0215. The van der Waals surface area contributed by atoms with Crippen molar-refractivity contribution in [3.05, 3.63) is 36.5 Å². The Bertz CT molecular complexity index is 1020. The fourth-order valence-corrected chi connectivity index (χ4v) is 7.42. The van der Waals surface area contributed by atoms with E-state index in [9.17, 15) is 14.3 Å². The molecule has 0 heterocycles. The van der Waals surface area contributed by atoms with Crippen LogP contribution in [0.15, 0.2) is 36.5 Å². The second-order valence-corrected chi connectivity index (χ2v) is 19.0. The Morgan fingerprint density at radius 1 is 0.534 bits per heavy atom. The molecular formula is C49H95NO7P+. The van der Waals surface area contributed by atoms with Gasteiger partial charge in [-0.25, -0.2) is 4.57 Å². The summed E-state index contributed by atoms with van der Waals surface area (Å²) >= 11 is 0. The Kier molecular flexibility index (Phi) is 41.5. The first kappa shape index (κ1) is 56.7. The van der Waals surface area contributed by atoms with Crippen molar-refractivity contribution in [2.45, 2.75) is 219 Å². The van der Waals surface area contributed by atoms with Gasteiger partial charge in [0.05, 0.1) is 34.4 Å². The van der Waals surface area contributed by atoms with Crippen LogP contribution < -0.4 is 0 Å². The number of rotatable bonds is 45. The molecule has 0 bridgehead atoms. The van der Waals surface area contributed by atoms with Crippen LogP contribution in [0.2, 0.25) is 0 Å². The zero-order chi connectivity index (χ0) is 42.7. The van der Waals surface area contributed by atoms with Crippen molar-refractivity contribution < 1.29 is 37.3 Å². The number of allylic oxidation sites excluding steroid dienone is 6. The smallest absolute Gasteiger partial charge is 0.457 e. The van der Waals surface area contributed by atoms with E-state index in [1.54, 1.807) is 0 Å². The van der Waals surface area contributed by atoms with Crippen LogP contribution in [0.1, 0.15) is 213 Å². The van der Waals surface area contributed by atoms with Gasteiger partial charge in [-0.05, 0) is 51.4 Å². The van der Waals surface area contributed by atoms with Crippen molar-refractivity contribution in [2.24, 2.45) is 0 Å². The number of phosphoric acid groups is 1. The van der Waals surface area contributed by atoms with Gasteiger partial charge in [0, 0.05) is 13.0 Å². The van der Waals surface area contributed by atoms with E-state index < -0.39 is 13.9 Å². The summed E-state index contributed by atoms with van der Waals surface area (Å²) in [6, 6.07) is 0. The molecule has 9 heteroatoms. The highest BCUT2D eigenvalue weighted by molar-refractivity contribution is 7.47. The van der Waals surface area contributed by atoms with Crippen LogP contribution in [0.3, 0.4) is 0 Å². The molecule has 0 radical (unpaired) electrons. The molecule has 8 nitrogen and oxygen atoms in total. The minimum Gasteiger partial charge on any atom is -0.457 e. The summed E-state index contributed by atoms with van der Waals surface area (Å²) in [5, 5.41) is 0. The molecule has 0 fully saturated rings. The topological polar surface area (TPSA) is 91.3 Å². The Morgan fingerprint density at radius 2 is 0.948 bits per heavy atom. The van der Waals surface area contributed by atoms with E-state index in [1.165, 1.54) is 135 Å². The summed E-state index contributed by atoms with van der Waals surface area (Å²) in [5.74, 6) is -0.323. The third kappa shape index (κ3) is 45.8. The predicted octanol–water partition coefficient (Wildman–Crippen LogP) is 14.6. The number of unbranched alkanes of at least 4 members (excludes halogenated alkanes) is 25. The monoisotopic (exact) mass is 841 g/mol. The molecule has 342 valence electrons. The number of esters is 1. The van der Waals surface area contributed by atoms with E-state index in [0.29, 0.717) is 24.1 Å². The van der Waals surface area contributed by atoms with Gasteiger partial charge in [0.15, 0.2) is 0 Å². The number of nitrogens with zero attached hydrogens (tertiary/aromatic N) is 1. The van der Waals surface area contributed by atoms with Crippen LogP contribution in [0.5, 0.6) is 0 Å². The number of hydrogen-bond donors (Lipinski definition) is 1. The second-order valence-electron chi connectivity index (χ2n) is 17.5. The van der Waals surface area contributed by atoms with Crippen molar-refractivity contribution in [3.63, 3.8) is 0 Å². The Hall–Kier alpha value is -1.28. The average Bonchev–Trinajstić information content (AvgIpc) is 3.18. The van der Waals surface area contributed by atoms with Crippen molar-refractivity contribution >= 4 is 13.8 Å². The van der Waals surface area contributed by atoms with E-state index in [4.69, 9.17) is 18.5 Å². The van der Waals surface area contributed by atoms with Crippen LogP contribution in [-0.4, -0.2) is 75.6 Å². The summed E-state index contributed by atoms with van der Waals surface area (Å²) < 4.78 is 35.1. The van der Waals surface area contributed by atoms with Gasteiger partial charge in [0.1, 0.15) is 19.3 Å². The number of carbonyl (C=O) groups excluding carboxylic acids is 1. The molecule has 0 rings (SSSR count). The molecule has 2 atom stereocenters. The van der Waals surface area contributed by atoms with Crippen LogP contribution in [0, 0.1) is 0 Å². The van der Waals surface area contributed by atoms with Gasteiger partial charge in [0.25, 0.3) is 0 Å². The van der Waals surface area contributed by atoms with Gasteiger partial charge in [-0.15, -0.1) is 0 Å². The molecule has 0 aromatic heterocycles. The van der Waals surface area contributed by atoms with Crippen LogP contribution in [0.4, 0.5) is 0 Å². The second kappa shape index (κ2) is 42.4. The maximum Gasteiger partial charge on any atom is 0.472 e. The van der Waals surface area contributed by atoms with Crippen LogP contribution in [0.25, 0.3) is 0 Å². The summed E-state index contributed by atoms with van der Waals surface area (Å²) in [5.41, 5.74) is 0. The number of phosphoric ester groups is 1. The van der Waals surface area contributed by atoms with Gasteiger partial charge in [-0.2, -0.15) is 0 Å². The first-order chi connectivity index (χ1) is 28.1. The van der Waals surface area contributed by atoms with Gasteiger partial charge in [-0.3, -0.25) is 13.8 Å². The number of hydrogen-bond acceptors (Lipinski definition) is 6. The summed E-state index contributed by atoms with van der Waals surface area (Å²) in [6.45, 7) is 5.62. The largest absolute Gasteiger partial charge is 0.472 e. The normalized spacial score (nSPS) is 14.0. The molecule has 0 aromatic carbocycles. The highest BCUT2D eigenvalue weighted by atomic mass is 31.2. The Balaban J connectivity index is 4.20. The number of carbonyl (C=O) groups is 1. The highest BCUT2D eigenvalue weighted by Crippen LogP contribution is 2.43. The number of quaternary nitrogens is 1. The van der Waals surface area contributed by atoms with Crippen LogP contribution >= 0.6 is 7.82 Å². The summed E-state index contributed by atoms with van der Waals surface area (Å²) in [7, 11) is 1.66. The maximum atomic E-state index is 12.7. The van der Waals surface area contributed by atoms with Crippen molar-refractivity contribution in [1.82, 2.24) is 0 Å². The lowest BCUT2D eigenvalue weighted by Gasteiger charge is -2.24. The molecule has 0 saturated carbocycles. The molecule has 58 heavy (non-hydrogen) atoms. The lowest BCUT2D eigenvalue weighted by atomic mass is 10.0. The molecule has 0 aromatic rings. The molecule has 0 aliphatic rings. The van der Waals surface area contributed by atoms with Gasteiger partial charge in [0.2, 0.25) is 0 Å². The Labute approximate surface area is 359 Å². The van der Waals surface area contributed by atoms with E-state index in [1.807, 2.05) is 21.1 Å². The molecule has 0 spiro atoms. The standard InChI is InChI=1S/C49H94NO7P/c1-6-8-10-12-14-16-18-20-22-23-24-25-26-27-28-30-32-34-36-38-40-42-49(51)57-48(47-56-58(52,53)55-45-43-50(3,4)5)46-54-44-41-39-37-35-33-31-29-21-19-17-15-13-11-9-7-2/h18,20,23-24,26-27,48H,6-17,19,21-22,25,28-47H2,1-5H3/p+1/b20-18-,24-23-,27-26-. The van der Waals surface area contributed by atoms with E-state index in [-0.39, 0.29) is 25.8 Å². The lowest BCUT2D eigenvalue weighted by molar-refractivity contribution is -0.870. The minimum atomic E-state index is -4.28. The average molecular weight is 841 g/mol. The lowest BCUT2D eigenvalue weighted by Crippen LogP contribution is -2.37.